The first-order valence-electron chi connectivity index (χ1n) is 6.74. The maximum atomic E-state index is 12.3. The molecule has 0 bridgehead atoms. The molecule has 2 rings (SSSR count). The number of carbonyl (C=O) groups excluding carboxylic acids is 1. The van der Waals surface area contributed by atoms with Crippen LogP contribution in [0.2, 0.25) is 10.0 Å². The monoisotopic (exact) mass is 316 g/mol. The van der Waals surface area contributed by atoms with Gasteiger partial charge >= 0.3 is 5.97 Å². The first-order valence-corrected chi connectivity index (χ1v) is 7.50. The molecule has 3 nitrogen and oxygen atoms in total. The van der Waals surface area contributed by atoms with Crippen LogP contribution < -0.4 is 0 Å². The number of epoxide rings is 1. The van der Waals surface area contributed by atoms with E-state index in [-0.39, 0.29) is 5.97 Å². The molecule has 1 aliphatic heterocycles. The smallest absolute Gasteiger partial charge is 0.341 e. The van der Waals surface area contributed by atoms with Crippen LogP contribution in [0.3, 0.4) is 0 Å². The van der Waals surface area contributed by atoms with Gasteiger partial charge in [0, 0.05) is 5.56 Å². The third kappa shape index (κ3) is 2.22. The molecule has 0 amide bonds. The van der Waals surface area contributed by atoms with E-state index >= 15 is 0 Å². The normalized spacial score (nSPS) is 28.2. The highest BCUT2D eigenvalue weighted by molar-refractivity contribution is 6.42. The number of carbonyl (C=O) groups is 1. The molecule has 1 aromatic carbocycles. The summed E-state index contributed by atoms with van der Waals surface area (Å²) in [6.45, 7) is 5.97. The number of ether oxygens (including phenoxy) is 2. The highest BCUT2D eigenvalue weighted by atomic mass is 35.5. The quantitative estimate of drug-likeness (QED) is 0.599. The van der Waals surface area contributed by atoms with Gasteiger partial charge in [-0.2, -0.15) is 0 Å². The molecule has 5 heteroatoms. The highest BCUT2D eigenvalue weighted by Crippen LogP contribution is 2.60. The first kappa shape index (κ1) is 15.6. The van der Waals surface area contributed by atoms with Gasteiger partial charge in [-0.05, 0) is 26.3 Å². The molecular formula is C15H18Cl2O3. The molecular weight excluding hydrogens is 299 g/mol. The van der Waals surface area contributed by atoms with Crippen LogP contribution in [-0.2, 0) is 19.9 Å². The summed E-state index contributed by atoms with van der Waals surface area (Å²) >= 11 is 12.3. The van der Waals surface area contributed by atoms with Crippen LogP contribution in [-0.4, -0.2) is 18.2 Å². The Morgan fingerprint density at radius 2 is 2.05 bits per heavy atom. The van der Waals surface area contributed by atoms with Crippen LogP contribution in [0.25, 0.3) is 0 Å². The molecule has 1 aromatic rings. The van der Waals surface area contributed by atoms with Gasteiger partial charge in [-0.3, -0.25) is 0 Å². The molecule has 20 heavy (non-hydrogen) atoms. The van der Waals surface area contributed by atoms with E-state index < -0.39 is 11.2 Å². The topological polar surface area (TPSA) is 38.8 Å². The summed E-state index contributed by atoms with van der Waals surface area (Å²) < 4.78 is 11.0. The summed E-state index contributed by atoms with van der Waals surface area (Å²) in [5.74, 6) is -0.333. The predicted molar refractivity (Wildman–Crippen MR) is 79.2 cm³/mol. The van der Waals surface area contributed by atoms with Gasteiger partial charge in [-0.1, -0.05) is 48.7 Å². The van der Waals surface area contributed by atoms with Gasteiger partial charge in [0.2, 0.25) is 0 Å². The number of esters is 1. The lowest BCUT2D eigenvalue weighted by atomic mass is 9.84. The molecule has 1 saturated heterocycles. The Balaban J connectivity index is 2.41. The molecule has 1 heterocycles. The molecule has 110 valence electrons. The fraction of sp³-hybridized carbons (Fsp3) is 0.533. The molecule has 1 fully saturated rings. The van der Waals surface area contributed by atoms with Crippen molar-refractivity contribution in [1.82, 2.24) is 0 Å². The van der Waals surface area contributed by atoms with Crippen molar-refractivity contribution in [1.29, 1.82) is 0 Å². The Hall–Kier alpha value is -0.770. The van der Waals surface area contributed by atoms with Crippen molar-refractivity contribution in [3.8, 4) is 0 Å². The number of halogens is 2. The second-order valence-electron chi connectivity index (χ2n) is 5.03. The van der Waals surface area contributed by atoms with Crippen LogP contribution >= 0.6 is 23.2 Å². The van der Waals surface area contributed by atoms with Gasteiger partial charge in [0.05, 0.1) is 16.7 Å². The van der Waals surface area contributed by atoms with Crippen LogP contribution in [0.1, 0.15) is 39.2 Å². The third-order valence-electron chi connectivity index (χ3n) is 3.78. The van der Waals surface area contributed by atoms with Gasteiger partial charge in [0.15, 0.2) is 5.60 Å². The van der Waals surface area contributed by atoms with E-state index in [0.717, 1.165) is 12.0 Å². The largest absolute Gasteiger partial charge is 0.464 e. The minimum absolute atomic E-state index is 0.326. The third-order valence-corrected chi connectivity index (χ3v) is 4.60. The first-order chi connectivity index (χ1) is 9.43. The molecule has 0 aliphatic carbocycles. The zero-order chi connectivity index (χ0) is 15.0. The summed E-state index contributed by atoms with van der Waals surface area (Å²) in [6.07, 6.45) is 1.40. The Labute approximate surface area is 129 Å². The maximum Gasteiger partial charge on any atom is 0.341 e. The molecule has 0 N–H and O–H groups in total. The fourth-order valence-electron chi connectivity index (χ4n) is 2.70. The average molecular weight is 317 g/mol. The SMILES string of the molecule is CCCC1(C(=O)OCC)OC1(C)c1cccc(Cl)c1Cl. The van der Waals surface area contributed by atoms with Crippen molar-refractivity contribution < 1.29 is 14.3 Å². The van der Waals surface area contributed by atoms with Crippen LogP contribution in [0, 0.1) is 0 Å². The van der Waals surface area contributed by atoms with Gasteiger partial charge in [0.25, 0.3) is 0 Å². The molecule has 1 aliphatic rings. The minimum Gasteiger partial charge on any atom is -0.464 e. The second-order valence-corrected chi connectivity index (χ2v) is 5.82. The van der Waals surface area contributed by atoms with Crippen LogP contribution in [0.4, 0.5) is 0 Å². The van der Waals surface area contributed by atoms with E-state index in [0.29, 0.717) is 23.1 Å². The lowest BCUT2D eigenvalue weighted by Crippen LogP contribution is -2.33. The molecule has 0 radical (unpaired) electrons. The van der Waals surface area contributed by atoms with Crippen molar-refractivity contribution in [3.63, 3.8) is 0 Å². The Bertz CT molecular complexity index is 532. The summed E-state index contributed by atoms with van der Waals surface area (Å²) in [7, 11) is 0. The van der Waals surface area contributed by atoms with E-state index in [9.17, 15) is 4.79 Å². The van der Waals surface area contributed by atoms with E-state index in [4.69, 9.17) is 32.7 Å². The van der Waals surface area contributed by atoms with E-state index in [1.807, 2.05) is 19.9 Å². The molecule has 0 saturated carbocycles. The highest BCUT2D eigenvalue weighted by Gasteiger charge is 2.73. The van der Waals surface area contributed by atoms with Crippen molar-refractivity contribution in [2.45, 2.75) is 44.8 Å². The van der Waals surface area contributed by atoms with Crippen molar-refractivity contribution in [2.24, 2.45) is 0 Å². The van der Waals surface area contributed by atoms with Crippen molar-refractivity contribution in [3.05, 3.63) is 33.8 Å². The lowest BCUT2D eigenvalue weighted by molar-refractivity contribution is -0.149. The Morgan fingerprint density at radius 3 is 2.65 bits per heavy atom. The summed E-state index contributed by atoms with van der Waals surface area (Å²) in [4.78, 5) is 12.3. The molecule has 2 unspecified atom stereocenters. The second kappa shape index (κ2) is 5.55. The summed E-state index contributed by atoms with van der Waals surface area (Å²) in [5, 5.41) is 0.883. The summed E-state index contributed by atoms with van der Waals surface area (Å²) in [5.41, 5.74) is -1.00. The van der Waals surface area contributed by atoms with E-state index in [1.165, 1.54) is 0 Å². The molecule has 0 aromatic heterocycles. The number of hydrogen-bond acceptors (Lipinski definition) is 3. The lowest BCUT2D eigenvalue weighted by Gasteiger charge is -2.17. The van der Waals surface area contributed by atoms with Gasteiger partial charge in [-0.15, -0.1) is 0 Å². The minimum atomic E-state index is -0.952. The number of benzene rings is 1. The zero-order valence-electron chi connectivity index (χ0n) is 11.8. The van der Waals surface area contributed by atoms with E-state index in [2.05, 4.69) is 0 Å². The Morgan fingerprint density at radius 1 is 1.35 bits per heavy atom. The molecule has 2 atom stereocenters. The average Bonchev–Trinajstić information content (AvgIpc) is 3.01. The van der Waals surface area contributed by atoms with Gasteiger partial charge in [0.1, 0.15) is 5.60 Å². The predicted octanol–water partition coefficient (Wildman–Crippen LogP) is 4.34. The van der Waals surface area contributed by atoms with Crippen LogP contribution in [0.5, 0.6) is 0 Å². The zero-order valence-corrected chi connectivity index (χ0v) is 13.3. The summed E-state index contributed by atoms with van der Waals surface area (Å²) in [6, 6.07) is 5.36. The standard InChI is InChI=1S/C15H18Cl2O3/c1-4-9-15(13(18)19-5-2)14(3,20-15)10-7-6-8-11(16)12(10)17/h6-8H,4-5,9H2,1-3H3. The maximum absolute atomic E-state index is 12.3. The fourth-order valence-corrected chi connectivity index (χ4v) is 3.18. The van der Waals surface area contributed by atoms with Gasteiger partial charge < -0.3 is 9.47 Å². The number of rotatable bonds is 5. The van der Waals surface area contributed by atoms with Crippen molar-refractivity contribution in [2.75, 3.05) is 6.61 Å². The van der Waals surface area contributed by atoms with Gasteiger partial charge in [-0.25, -0.2) is 4.79 Å². The van der Waals surface area contributed by atoms with Crippen molar-refractivity contribution >= 4 is 29.2 Å². The van der Waals surface area contributed by atoms with E-state index in [1.54, 1.807) is 19.1 Å². The Kier molecular flexibility index (Phi) is 4.33. The van der Waals surface area contributed by atoms with Crippen LogP contribution in [0.15, 0.2) is 18.2 Å². The number of hydrogen-bond donors (Lipinski definition) is 0. The molecule has 0 spiro atoms.